The van der Waals surface area contributed by atoms with Crippen LogP contribution in [0.2, 0.25) is 0 Å². The Balaban J connectivity index is 1.29. The number of aromatic nitrogens is 1. The molecule has 5 rings (SSSR count). The third kappa shape index (κ3) is 4.22. The predicted molar refractivity (Wildman–Crippen MR) is 124 cm³/mol. The molecule has 1 amide bonds. The maximum absolute atomic E-state index is 12.2. The molecule has 1 aromatic heterocycles. The number of carbonyl (C=O) groups excluding carboxylic acids is 1. The summed E-state index contributed by atoms with van der Waals surface area (Å²) in [5, 5.41) is 1.14. The highest BCUT2D eigenvalue weighted by Crippen LogP contribution is 2.35. The van der Waals surface area contributed by atoms with Gasteiger partial charge in [-0.15, -0.1) is 0 Å². The lowest BCUT2D eigenvalue weighted by molar-refractivity contribution is -0.134. The average molecular weight is 416 g/mol. The zero-order chi connectivity index (χ0) is 21.4. The largest absolute Gasteiger partial charge is 0.490 e. The number of carbonyl (C=O) groups is 1. The zero-order valence-corrected chi connectivity index (χ0v) is 18.3. The fourth-order valence-corrected chi connectivity index (χ4v) is 4.40. The van der Waals surface area contributed by atoms with Gasteiger partial charge in [-0.25, -0.2) is 0 Å². The number of likely N-dealkylation sites (tertiary alicyclic amines) is 1. The number of ether oxygens (including phenoxy) is 1. The van der Waals surface area contributed by atoms with Crippen LogP contribution in [0.5, 0.6) is 5.75 Å². The van der Waals surface area contributed by atoms with Crippen LogP contribution in [0, 0.1) is 5.92 Å². The number of nitrogens with zero attached hydrogens (tertiary/aromatic N) is 3. The van der Waals surface area contributed by atoms with Crippen LogP contribution in [0.25, 0.3) is 22.0 Å². The third-order valence-corrected chi connectivity index (χ3v) is 6.35. The zero-order valence-electron chi connectivity index (χ0n) is 18.3. The van der Waals surface area contributed by atoms with Gasteiger partial charge in [-0.3, -0.25) is 9.78 Å². The van der Waals surface area contributed by atoms with Gasteiger partial charge >= 0.3 is 0 Å². The summed E-state index contributed by atoms with van der Waals surface area (Å²) in [6, 6.07) is 16.8. The molecule has 5 nitrogen and oxygen atoms in total. The standard InChI is InChI=1S/C26H29N3O2/c1-28(2)25-16-20-4-3-13-27-24(20)17-23(25)18-7-9-21(10-8-18)31-22-11-14-29(15-12-22)26(30)19-5-6-19/h3-4,7-10,13,16-17,19,22H,5-6,11-12,14-15H2,1-2H3. The van der Waals surface area contributed by atoms with Crippen molar-refractivity contribution in [1.82, 2.24) is 9.88 Å². The Kier molecular flexibility index (Phi) is 5.26. The van der Waals surface area contributed by atoms with Crippen molar-refractivity contribution in [2.45, 2.75) is 31.8 Å². The summed E-state index contributed by atoms with van der Waals surface area (Å²) in [6.45, 7) is 1.63. The summed E-state index contributed by atoms with van der Waals surface area (Å²) < 4.78 is 6.24. The summed E-state index contributed by atoms with van der Waals surface area (Å²) >= 11 is 0. The number of anilines is 1. The summed E-state index contributed by atoms with van der Waals surface area (Å²) in [6.07, 6.45) is 5.97. The number of amides is 1. The van der Waals surface area contributed by atoms with Gasteiger partial charge in [-0.1, -0.05) is 18.2 Å². The maximum atomic E-state index is 12.2. The van der Waals surface area contributed by atoms with Crippen molar-refractivity contribution in [2.24, 2.45) is 5.92 Å². The van der Waals surface area contributed by atoms with E-state index < -0.39 is 0 Å². The Labute approximate surface area is 183 Å². The van der Waals surface area contributed by atoms with Crippen LogP contribution in [0.1, 0.15) is 25.7 Å². The molecule has 2 aromatic carbocycles. The van der Waals surface area contributed by atoms with E-state index in [9.17, 15) is 4.79 Å². The van der Waals surface area contributed by atoms with E-state index in [1.165, 1.54) is 5.69 Å². The van der Waals surface area contributed by atoms with Gasteiger partial charge in [0.25, 0.3) is 0 Å². The molecule has 5 heteroatoms. The Bertz CT molecular complexity index is 1080. The Morgan fingerprint density at radius 3 is 2.45 bits per heavy atom. The Morgan fingerprint density at radius 2 is 1.77 bits per heavy atom. The van der Waals surface area contributed by atoms with E-state index in [0.717, 1.165) is 66.6 Å². The molecule has 0 atom stereocenters. The molecule has 31 heavy (non-hydrogen) atoms. The van der Waals surface area contributed by atoms with Gasteiger partial charge in [0.05, 0.1) is 5.52 Å². The van der Waals surface area contributed by atoms with Crippen LogP contribution < -0.4 is 9.64 Å². The normalized spacial score (nSPS) is 17.0. The first kappa shape index (κ1) is 19.9. The number of benzene rings is 2. The van der Waals surface area contributed by atoms with Crippen LogP contribution in [0.15, 0.2) is 54.7 Å². The average Bonchev–Trinajstić information content (AvgIpc) is 3.64. The number of pyridine rings is 1. The van der Waals surface area contributed by atoms with Crippen molar-refractivity contribution in [3.63, 3.8) is 0 Å². The van der Waals surface area contributed by atoms with Crippen molar-refractivity contribution in [3.8, 4) is 16.9 Å². The van der Waals surface area contributed by atoms with E-state index in [0.29, 0.717) is 11.8 Å². The van der Waals surface area contributed by atoms with E-state index in [1.807, 2.05) is 17.2 Å². The number of rotatable bonds is 5. The molecule has 0 N–H and O–H groups in total. The summed E-state index contributed by atoms with van der Waals surface area (Å²) in [4.78, 5) is 20.9. The van der Waals surface area contributed by atoms with E-state index >= 15 is 0 Å². The molecule has 160 valence electrons. The predicted octanol–water partition coefficient (Wildman–Crippen LogP) is 4.75. The first-order valence-electron chi connectivity index (χ1n) is 11.2. The molecule has 0 unspecified atom stereocenters. The van der Waals surface area contributed by atoms with Gasteiger partial charge in [0, 0.05) is 68.8 Å². The van der Waals surface area contributed by atoms with Crippen molar-refractivity contribution in [1.29, 1.82) is 0 Å². The summed E-state index contributed by atoms with van der Waals surface area (Å²) in [7, 11) is 4.14. The highest BCUT2D eigenvalue weighted by atomic mass is 16.5. The molecule has 2 fully saturated rings. The minimum atomic E-state index is 0.177. The molecule has 1 aliphatic carbocycles. The maximum Gasteiger partial charge on any atom is 0.225 e. The SMILES string of the molecule is CN(C)c1cc2cccnc2cc1-c1ccc(OC2CCN(C(=O)C3CC3)CC2)cc1. The van der Waals surface area contributed by atoms with Crippen LogP contribution in [-0.2, 0) is 4.79 Å². The molecule has 1 saturated carbocycles. The number of hydrogen-bond donors (Lipinski definition) is 0. The second kappa shape index (κ2) is 8.22. The Morgan fingerprint density at radius 1 is 1.03 bits per heavy atom. The van der Waals surface area contributed by atoms with Gasteiger partial charge < -0.3 is 14.5 Å². The first-order chi connectivity index (χ1) is 15.1. The smallest absolute Gasteiger partial charge is 0.225 e. The van der Waals surface area contributed by atoms with Gasteiger partial charge in [-0.05, 0) is 48.7 Å². The van der Waals surface area contributed by atoms with E-state index in [1.54, 1.807) is 0 Å². The fourth-order valence-electron chi connectivity index (χ4n) is 4.40. The molecule has 3 aromatic rings. The Hall–Kier alpha value is -3.08. The highest BCUT2D eigenvalue weighted by Gasteiger charge is 2.35. The number of piperidine rings is 1. The van der Waals surface area contributed by atoms with E-state index in [-0.39, 0.29) is 6.10 Å². The quantitative estimate of drug-likeness (QED) is 0.603. The van der Waals surface area contributed by atoms with Crippen LogP contribution >= 0.6 is 0 Å². The molecule has 1 aliphatic heterocycles. The molecule has 0 bridgehead atoms. The monoisotopic (exact) mass is 415 g/mol. The molecule has 0 radical (unpaired) electrons. The second-order valence-electron chi connectivity index (χ2n) is 8.90. The molecule has 2 aliphatic rings. The summed E-state index contributed by atoms with van der Waals surface area (Å²) in [5.41, 5.74) is 4.47. The third-order valence-electron chi connectivity index (χ3n) is 6.35. The lowest BCUT2D eigenvalue weighted by atomic mass is 10.0. The van der Waals surface area contributed by atoms with Crippen molar-refractivity contribution in [3.05, 3.63) is 54.7 Å². The van der Waals surface area contributed by atoms with Gasteiger partial charge in [0.2, 0.25) is 5.91 Å². The number of hydrogen-bond acceptors (Lipinski definition) is 4. The van der Waals surface area contributed by atoms with Gasteiger partial charge in [0.1, 0.15) is 11.9 Å². The minimum Gasteiger partial charge on any atom is -0.490 e. The number of fused-ring (bicyclic) bond motifs is 1. The lowest BCUT2D eigenvalue weighted by Crippen LogP contribution is -2.42. The first-order valence-corrected chi connectivity index (χ1v) is 11.2. The molecule has 0 spiro atoms. The van der Waals surface area contributed by atoms with E-state index in [2.05, 4.69) is 66.4 Å². The topological polar surface area (TPSA) is 45.7 Å². The van der Waals surface area contributed by atoms with Crippen LogP contribution in [0.3, 0.4) is 0 Å². The molecule has 1 saturated heterocycles. The summed E-state index contributed by atoms with van der Waals surface area (Å²) in [5.74, 6) is 1.55. The minimum absolute atomic E-state index is 0.177. The van der Waals surface area contributed by atoms with Crippen molar-refractivity contribution >= 4 is 22.5 Å². The molecular formula is C26H29N3O2. The van der Waals surface area contributed by atoms with Crippen LogP contribution in [-0.4, -0.2) is 49.1 Å². The highest BCUT2D eigenvalue weighted by molar-refractivity contribution is 5.92. The van der Waals surface area contributed by atoms with Gasteiger partial charge in [-0.2, -0.15) is 0 Å². The van der Waals surface area contributed by atoms with Crippen LogP contribution in [0.4, 0.5) is 5.69 Å². The molecule has 2 heterocycles. The second-order valence-corrected chi connectivity index (χ2v) is 8.90. The van der Waals surface area contributed by atoms with E-state index in [4.69, 9.17) is 4.74 Å². The lowest BCUT2D eigenvalue weighted by Gasteiger charge is -2.32. The van der Waals surface area contributed by atoms with Gasteiger partial charge in [0.15, 0.2) is 0 Å². The van der Waals surface area contributed by atoms with Crippen molar-refractivity contribution < 1.29 is 9.53 Å². The van der Waals surface area contributed by atoms with Crippen molar-refractivity contribution in [2.75, 3.05) is 32.1 Å². The fraction of sp³-hybridized carbons (Fsp3) is 0.385. The molecular weight excluding hydrogens is 386 g/mol.